The molecule has 3 N–H and O–H groups in total. The van der Waals surface area contributed by atoms with Gasteiger partial charge in [-0.3, -0.25) is 14.4 Å². The van der Waals surface area contributed by atoms with Crippen LogP contribution in [0.4, 0.5) is 5.69 Å². The first-order chi connectivity index (χ1) is 16.5. The van der Waals surface area contributed by atoms with Gasteiger partial charge in [-0.25, -0.2) is 4.79 Å². The second kappa shape index (κ2) is 12.4. The zero-order valence-electron chi connectivity index (χ0n) is 21.1. The van der Waals surface area contributed by atoms with E-state index in [9.17, 15) is 24.3 Å². The first-order valence-corrected chi connectivity index (χ1v) is 11.9. The molecule has 0 unspecified atom stereocenters. The van der Waals surface area contributed by atoms with E-state index in [-0.39, 0.29) is 11.3 Å². The second-order valence-electron chi connectivity index (χ2n) is 8.99. The number of unbranched alkanes of at least 4 members (excludes halogenated alkanes) is 1. The van der Waals surface area contributed by atoms with E-state index in [0.717, 1.165) is 6.42 Å². The lowest BCUT2D eigenvalue weighted by Gasteiger charge is -2.29. The van der Waals surface area contributed by atoms with Gasteiger partial charge in [-0.1, -0.05) is 39.7 Å². The van der Waals surface area contributed by atoms with Crippen LogP contribution in [0.2, 0.25) is 0 Å². The molecule has 1 saturated heterocycles. The molecule has 5 atom stereocenters. The molecular formula is C25H36N2O8. The molecule has 10 nitrogen and oxygen atoms in total. The number of aromatic hydroxyl groups is 1. The monoisotopic (exact) mass is 492 g/mol. The van der Waals surface area contributed by atoms with Crippen LogP contribution in [-0.4, -0.2) is 60.3 Å². The number of ether oxygens (including phenoxy) is 3. The van der Waals surface area contributed by atoms with Crippen LogP contribution in [0.3, 0.4) is 0 Å². The van der Waals surface area contributed by atoms with Crippen LogP contribution in [0.1, 0.15) is 64.2 Å². The van der Waals surface area contributed by atoms with Gasteiger partial charge in [-0.2, -0.15) is 0 Å². The summed E-state index contributed by atoms with van der Waals surface area (Å²) < 4.78 is 16.8. The van der Waals surface area contributed by atoms with E-state index in [0.29, 0.717) is 18.5 Å². The Labute approximate surface area is 205 Å². The van der Waals surface area contributed by atoms with E-state index in [4.69, 9.17) is 14.2 Å². The van der Waals surface area contributed by atoms with Crippen molar-refractivity contribution in [3.05, 3.63) is 23.8 Å². The van der Waals surface area contributed by atoms with E-state index >= 15 is 0 Å². The zero-order valence-corrected chi connectivity index (χ0v) is 21.1. The van der Waals surface area contributed by atoms with Gasteiger partial charge in [0.1, 0.15) is 12.2 Å². The number of esters is 3. The van der Waals surface area contributed by atoms with Gasteiger partial charge in [0, 0.05) is 7.05 Å². The minimum Gasteiger partial charge on any atom is -0.505 e. The Hall–Kier alpha value is -3.30. The molecule has 0 aromatic heterocycles. The summed E-state index contributed by atoms with van der Waals surface area (Å²) in [6.07, 6.45) is -1.24. The summed E-state index contributed by atoms with van der Waals surface area (Å²) in [6.45, 7) is 8.31. The average Bonchev–Trinajstić information content (AvgIpc) is 2.83. The third-order valence-electron chi connectivity index (χ3n) is 5.92. The van der Waals surface area contributed by atoms with Crippen molar-refractivity contribution < 1.29 is 38.5 Å². The molecule has 0 spiro atoms. The molecule has 0 aliphatic carbocycles. The van der Waals surface area contributed by atoms with Gasteiger partial charge >= 0.3 is 17.9 Å². The van der Waals surface area contributed by atoms with Crippen LogP contribution >= 0.6 is 0 Å². The largest absolute Gasteiger partial charge is 0.505 e. The van der Waals surface area contributed by atoms with Crippen molar-refractivity contribution in [2.75, 3.05) is 12.4 Å². The third kappa shape index (κ3) is 6.86. The van der Waals surface area contributed by atoms with Crippen LogP contribution in [0.25, 0.3) is 0 Å². The molecule has 0 bridgehead atoms. The maximum Gasteiger partial charge on any atom is 0.332 e. The summed E-state index contributed by atoms with van der Waals surface area (Å²) in [5, 5.41) is 15.6. The fourth-order valence-electron chi connectivity index (χ4n) is 3.79. The summed E-state index contributed by atoms with van der Waals surface area (Å²) in [4.78, 5) is 51.5. The first-order valence-electron chi connectivity index (χ1n) is 11.9. The maximum absolute atomic E-state index is 13.1. The highest BCUT2D eigenvalue weighted by Gasteiger charge is 2.44. The number of phenolic OH excluding ortho intramolecular Hbond substituents is 1. The summed E-state index contributed by atoms with van der Waals surface area (Å²) >= 11 is 0. The van der Waals surface area contributed by atoms with Crippen LogP contribution in [0.15, 0.2) is 18.2 Å². The minimum atomic E-state index is -1.35. The van der Waals surface area contributed by atoms with Gasteiger partial charge in [0.05, 0.1) is 23.1 Å². The lowest BCUT2D eigenvalue weighted by molar-refractivity contribution is -0.177. The fourth-order valence-corrected chi connectivity index (χ4v) is 3.79. The maximum atomic E-state index is 13.1. The topological polar surface area (TPSA) is 140 Å². The van der Waals surface area contributed by atoms with Gasteiger partial charge in [-0.15, -0.1) is 0 Å². The number of carbonyl (C=O) groups is 4. The highest BCUT2D eigenvalue weighted by molar-refractivity contribution is 6.00. The van der Waals surface area contributed by atoms with Gasteiger partial charge < -0.3 is 30.0 Å². The van der Waals surface area contributed by atoms with Gasteiger partial charge in [-0.05, 0) is 32.4 Å². The number of anilines is 1. The van der Waals surface area contributed by atoms with Crippen LogP contribution in [0.5, 0.6) is 5.75 Å². The number of hydrogen-bond donors (Lipinski definition) is 3. The van der Waals surface area contributed by atoms with Crippen molar-refractivity contribution in [3.63, 3.8) is 0 Å². The molecule has 0 radical (unpaired) electrons. The summed E-state index contributed by atoms with van der Waals surface area (Å²) in [5.41, 5.74) is 0.261. The molecule has 194 valence electrons. The smallest absolute Gasteiger partial charge is 0.332 e. The predicted octanol–water partition coefficient (Wildman–Crippen LogP) is 2.78. The predicted molar refractivity (Wildman–Crippen MR) is 128 cm³/mol. The molecule has 1 aromatic rings. The van der Waals surface area contributed by atoms with E-state index in [1.807, 2.05) is 6.92 Å². The molecule has 35 heavy (non-hydrogen) atoms. The Balaban J connectivity index is 2.36. The molecular weight excluding hydrogens is 456 g/mol. The minimum absolute atomic E-state index is 0.0688. The van der Waals surface area contributed by atoms with E-state index < -0.39 is 60.0 Å². The number of para-hydroxylation sites is 1. The normalized spacial score (nSPS) is 24.9. The number of benzene rings is 1. The first kappa shape index (κ1) is 27.9. The van der Waals surface area contributed by atoms with Crippen molar-refractivity contribution in [1.82, 2.24) is 5.32 Å². The molecule has 0 saturated carbocycles. The summed E-state index contributed by atoms with van der Waals surface area (Å²) in [5.74, 6) is -4.34. The van der Waals surface area contributed by atoms with Crippen molar-refractivity contribution >= 4 is 29.5 Å². The number of nitrogens with one attached hydrogen (secondary N) is 2. The SMILES string of the molecule is CCCC[C@H]1C(=O)O[C@H](C)[C@H](NC(=O)c2cccc(NC)c2O)C(=O)O[C@@H](C)[C@@H]1OC(=O)C(C)C. The quantitative estimate of drug-likeness (QED) is 0.284. The van der Waals surface area contributed by atoms with Crippen LogP contribution < -0.4 is 10.6 Å². The number of cyclic esters (lactones) is 2. The Morgan fingerprint density at radius 3 is 2.37 bits per heavy atom. The molecule has 2 rings (SSSR count). The molecule has 1 aliphatic heterocycles. The Bertz CT molecular complexity index is 932. The highest BCUT2D eigenvalue weighted by atomic mass is 16.6. The van der Waals surface area contributed by atoms with Gasteiger partial charge in [0.25, 0.3) is 5.91 Å². The highest BCUT2D eigenvalue weighted by Crippen LogP contribution is 2.28. The number of rotatable bonds is 8. The third-order valence-corrected chi connectivity index (χ3v) is 5.92. The van der Waals surface area contributed by atoms with E-state index in [1.54, 1.807) is 40.0 Å². The molecule has 10 heteroatoms. The number of phenols is 1. The zero-order chi connectivity index (χ0) is 26.3. The van der Waals surface area contributed by atoms with Crippen molar-refractivity contribution in [3.8, 4) is 5.75 Å². The van der Waals surface area contributed by atoms with Crippen molar-refractivity contribution in [2.45, 2.75) is 78.2 Å². The van der Waals surface area contributed by atoms with E-state index in [1.165, 1.54) is 13.0 Å². The van der Waals surface area contributed by atoms with Gasteiger partial charge in [0.15, 0.2) is 17.9 Å². The van der Waals surface area contributed by atoms with Crippen molar-refractivity contribution in [1.29, 1.82) is 0 Å². The van der Waals surface area contributed by atoms with Crippen LogP contribution in [0, 0.1) is 11.8 Å². The Morgan fingerprint density at radius 1 is 1.11 bits per heavy atom. The fraction of sp³-hybridized carbons (Fsp3) is 0.600. The molecule has 1 fully saturated rings. The van der Waals surface area contributed by atoms with Gasteiger partial charge in [0.2, 0.25) is 0 Å². The van der Waals surface area contributed by atoms with Crippen molar-refractivity contribution in [2.24, 2.45) is 11.8 Å². The average molecular weight is 493 g/mol. The van der Waals surface area contributed by atoms with Crippen LogP contribution in [-0.2, 0) is 28.6 Å². The lowest BCUT2D eigenvalue weighted by atomic mass is 9.92. The molecule has 1 heterocycles. The summed E-state index contributed by atoms with van der Waals surface area (Å²) in [7, 11) is 1.59. The second-order valence-corrected chi connectivity index (χ2v) is 8.99. The Morgan fingerprint density at radius 2 is 1.77 bits per heavy atom. The number of hydrogen-bond acceptors (Lipinski definition) is 9. The number of amides is 1. The lowest BCUT2D eigenvalue weighted by Crippen LogP contribution is -2.50. The number of carbonyl (C=O) groups excluding carboxylic acids is 4. The standard InChI is InChI=1S/C25H36N2O8/c1-7-8-10-17-21(35-23(30)13(2)3)15(5)34-25(32)19(14(4)33-24(17)31)27-22(29)16-11-9-12-18(26-6)20(16)28/h9,11-15,17,19,21,26,28H,7-8,10H2,1-6H3,(H,27,29)/t14-,15+,17-,19+,21+/m1/s1. The summed E-state index contributed by atoms with van der Waals surface area (Å²) in [6, 6.07) is 3.20. The Kier molecular flexibility index (Phi) is 9.91. The van der Waals surface area contributed by atoms with E-state index in [2.05, 4.69) is 10.6 Å². The molecule has 1 aliphatic rings. The molecule has 1 amide bonds. The molecule has 1 aromatic carbocycles.